The topological polar surface area (TPSA) is 81.3 Å². The number of carbonyl (C=O) groups excluding carboxylic acids is 2. The zero-order valence-electron chi connectivity index (χ0n) is 17.1. The molecule has 7 nitrogen and oxygen atoms in total. The Hall–Kier alpha value is -3.68. The monoisotopic (exact) mass is 421 g/mol. The fourth-order valence-corrected chi connectivity index (χ4v) is 3.69. The maximum absolute atomic E-state index is 13.1. The van der Waals surface area contributed by atoms with E-state index in [1.165, 1.54) is 18.3 Å². The zero-order chi connectivity index (χ0) is 21.6. The number of halogens is 1. The van der Waals surface area contributed by atoms with E-state index in [0.717, 1.165) is 11.3 Å². The van der Waals surface area contributed by atoms with E-state index in [1.807, 2.05) is 30.3 Å². The number of nitrogens with one attached hydrogen (secondary N) is 2. The molecule has 0 saturated carbocycles. The molecule has 4 rings (SSSR count). The zero-order valence-corrected chi connectivity index (χ0v) is 17.1. The Morgan fingerprint density at radius 1 is 1.00 bits per heavy atom. The van der Waals surface area contributed by atoms with Crippen molar-refractivity contribution in [2.75, 3.05) is 37.6 Å². The molecule has 1 saturated heterocycles. The van der Waals surface area contributed by atoms with E-state index >= 15 is 0 Å². The van der Waals surface area contributed by atoms with E-state index in [1.54, 1.807) is 17.0 Å². The lowest BCUT2D eigenvalue weighted by atomic mass is 10.1. The average molecular weight is 421 g/mol. The Kier molecular flexibility index (Phi) is 6.26. The van der Waals surface area contributed by atoms with Gasteiger partial charge in [-0.05, 0) is 24.3 Å². The van der Waals surface area contributed by atoms with E-state index in [9.17, 15) is 14.0 Å². The summed E-state index contributed by atoms with van der Waals surface area (Å²) in [6.07, 6.45) is 1.73. The van der Waals surface area contributed by atoms with Crippen LogP contribution in [-0.4, -0.2) is 59.6 Å². The first kappa shape index (κ1) is 20.6. The number of aromatic nitrogens is 2. The van der Waals surface area contributed by atoms with Gasteiger partial charge in [-0.2, -0.15) is 5.10 Å². The second-order valence-electron chi connectivity index (χ2n) is 7.37. The van der Waals surface area contributed by atoms with Gasteiger partial charge in [-0.1, -0.05) is 30.3 Å². The highest BCUT2D eigenvalue weighted by Gasteiger charge is 2.21. The van der Waals surface area contributed by atoms with Crippen LogP contribution in [0.2, 0.25) is 0 Å². The summed E-state index contributed by atoms with van der Waals surface area (Å²) in [7, 11) is 0. The van der Waals surface area contributed by atoms with Gasteiger partial charge in [0.2, 0.25) is 5.91 Å². The average Bonchev–Trinajstić information content (AvgIpc) is 3.30. The molecule has 3 aromatic rings. The number of nitrogens with zero attached hydrogens (tertiary/aromatic N) is 3. The van der Waals surface area contributed by atoms with Gasteiger partial charge in [-0.3, -0.25) is 14.7 Å². The van der Waals surface area contributed by atoms with Crippen LogP contribution in [0.4, 0.5) is 10.1 Å². The summed E-state index contributed by atoms with van der Waals surface area (Å²) in [5.74, 6) is -0.512. The summed E-state index contributed by atoms with van der Waals surface area (Å²) >= 11 is 0. The number of piperazine rings is 1. The normalized spacial score (nSPS) is 13.8. The van der Waals surface area contributed by atoms with Gasteiger partial charge in [0.25, 0.3) is 5.91 Å². The third-order valence-electron chi connectivity index (χ3n) is 5.40. The summed E-state index contributed by atoms with van der Waals surface area (Å²) in [4.78, 5) is 29.0. The Labute approximate surface area is 179 Å². The minimum absolute atomic E-state index is 0.00883. The van der Waals surface area contributed by atoms with Gasteiger partial charge in [-0.25, -0.2) is 4.39 Å². The molecule has 0 unspecified atom stereocenters. The van der Waals surface area contributed by atoms with Crippen molar-refractivity contribution in [3.8, 4) is 11.3 Å². The molecule has 31 heavy (non-hydrogen) atoms. The predicted octanol–water partition coefficient (Wildman–Crippen LogP) is 2.68. The summed E-state index contributed by atoms with van der Waals surface area (Å²) in [6.45, 7) is 2.85. The molecule has 8 heteroatoms. The largest absolute Gasteiger partial charge is 0.368 e. The second-order valence-corrected chi connectivity index (χ2v) is 7.37. The molecule has 1 fully saturated rings. The van der Waals surface area contributed by atoms with Crippen LogP contribution in [0, 0.1) is 5.82 Å². The number of rotatable bonds is 6. The van der Waals surface area contributed by atoms with Crippen molar-refractivity contribution in [1.29, 1.82) is 0 Å². The number of hydrogen-bond donors (Lipinski definition) is 2. The number of H-pyrrole nitrogens is 1. The smallest absolute Gasteiger partial charge is 0.255 e. The number of benzene rings is 2. The van der Waals surface area contributed by atoms with E-state index in [0.29, 0.717) is 37.4 Å². The maximum atomic E-state index is 13.1. The SMILES string of the molecule is O=C(NCCC(=O)N1CCN(c2ccc(F)cc2)CC1)c1cn[nH]c1-c1ccccc1. The number of anilines is 1. The van der Waals surface area contributed by atoms with Crippen LogP contribution in [0.3, 0.4) is 0 Å². The summed E-state index contributed by atoms with van der Waals surface area (Å²) < 4.78 is 13.1. The van der Waals surface area contributed by atoms with Crippen molar-refractivity contribution in [1.82, 2.24) is 20.4 Å². The van der Waals surface area contributed by atoms with Gasteiger partial charge in [0.05, 0.1) is 17.5 Å². The predicted molar refractivity (Wildman–Crippen MR) is 116 cm³/mol. The molecule has 2 aromatic carbocycles. The van der Waals surface area contributed by atoms with E-state index < -0.39 is 0 Å². The molecule has 0 spiro atoms. The number of aromatic amines is 1. The molecule has 0 radical (unpaired) electrons. The summed E-state index contributed by atoms with van der Waals surface area (Å²) in [5.41, 5.74) is 2.93. The maximum Gasteiger partial charge on any atom is 0.255 e. The van der Waals surface area contributed by atoms with Crippen molar-refractivity contribution >= 4 is 17.5 Å². The van der Waals surface area contributed by atoms with Crippen molar-refractivity contribution in [3.05, 3.63) is 72.2 Å². The molecule has 1 aromatic heterocycles. The summed E-state index contributed by atoms with van der Waals surface area (Å²) in [6, 6.07) is 15.9. The van der Waals surface area contributed by atoms with Gasteiger partial charge in [0.15, 0.2) is 0 Å². The number of carbonyl (C=O) groups is 2. The van der Waals surface area contributed by atoms with Gasteiger partial charge in [0.1, 0.15) is 5.82 Å². The lowest BCUT2D eigenvalue weighted by Gasteiger charge is -2.36. The highest BCUT2D eigenvalue weighted by atomic mass is 19.1. The molecule has 2 heterocycles. The lowest BCUT2D eigenvalue weighted by Crippen LogP contribution is -2.49. The Balaban J connectivity index is 1.24. The van der Waals surface area contributed by atoms with Crippen molar-refractivity contribution in [2.24, 2.45) is 0 Å². The van der Waals surface area contributed by atoms with Crippen LogP contribution >= 0.6 is 0 Å². The molecule has 0 atom stereocenters. The van der Waals surface area contributed by atoms with Crippen LogP contribution in [-0.2, 0) is 4.79 Å². The molecule has 1 aliphatic heterocycles. The van der Waals surface area contributed by atoms with Crippen molar-refractivity contribution < 1.29 is 14.0 Å². The number of hydrogen-bond acceptors (Lipinski definition) is 4. The fourth-order valence-electron chi connectivity index (χ4n) is 3.69. The third-order valence-corrected chi connectivity index (χ3v) is 5.40. The highest BCUT2D eigenvalue weighted by Crippen LogP contribution is 2.20. The van der Waals surface area contributed by atoms with Crippen LogP contribution < -0.4 is 10.2 Å². The minimum Gasteiger partial charge on any atom is -0.368 e. The van der Waals surface area contributed by atoms with Gasteiger partial charge in [-0.15, -0.1) is 0 Å². The van der Waals surface area contributed by atoms with Gasteiger partial charge < -0.3 is 15.1 Å². The van der Waals surface area contributed by atoms with Crippen molar-refractivity contribution in [2.45, 2.75) is 6.42 Å². The molecular weight excluding hydrogens is 397 g/mol. The second kappa shape index (κ2) is 9.42. The Morgan fingerprint density at radius 2 is 1.71 bits per heavy atom. The Bertz CT molecular complexity index is 1030. The lowest BCUT2D eigenvalue weighted by molar-refractivity contribution is -0.131. The molecule has 160 valence electrons. The molecular formula is C23H24FN5O2. The fraction of sp³-hybridized carbons (Fsp3) is 0.261. The standard InChI is InChI=1S/C23H24FN5O2/c24-18-6-8-19(9-7-18)28-12-14-29(15-13-28)21(30)10-11-25-23(31)20-16-26-27-22(20)17-4-2-1-3-5-17/h1-9,16H,10-15H2,(H,25,31)(H,26,27). The number of amides is 2. The van der Waals surface area contributed by atoms with E-state index in [2.05, 4.69) is 20.4 Å². The minimum atomic E-state index is -0.262. The summed E-state index contributed by atoms with van der Waals surface area (Å²) in [5, 5.41) is 9.66. The van der Waals surface area contributed by atoms with Gasteiger partial charge in [0, 0.05) is 50.4 Å². The Morgan fingerprint density at radius 3 is 2.42 bits per heavy atom. The van der Waals surface area contributed by atoms with Gasteiger partial charge >= 0.3 is 0 Å². The molecule has 0 aliphatic carbocycles. The first-order chi connectivity index (χ1) is 15.1. The quantitative estimate of drug-likeness (QED) is 0.641. The van der Waals surface area contributed by atoms with Crippen LogP contribution in [0.15, 0.2) is 60.8 Å². The van der Waals surface area contributed by atoms with E-state index in [4.69, 9.17) is 0 Å². The van der Waals surface area contributed by atoms with E-state index in [-0.39, 0.29) is 30.6 Å². The van der Waals surface area contributed by atoms with Crippen LogP contribution in [0.25, 0.3) is 11.3 Å². The van der Waals surface area contributed by atoms with Crippen molar-refractivity contribution in [3.63, 3.8) is 0 Å². The third kappa shape index (κ3) is 4.91. The van der Waals surface area contributed by atoms with Crippen LogP contribution in [0.5, 0.6) is 0 Å². The molecule has 1 aliphatic rings. The van der Waals surface area contributed by atoms with Crippen LogP contribution in [0.1, 0.15) is 16.8 Å². The first-order valence-electron chi connectivity index (χ1n) is 10.3. The highest BCUT2D eigenvalue weighted by molar-refractivity contribution is 5.99. The molecule has 2 amide bonds. The first-order valence-corrected chi connectivity index (χ1v) is 10.3. The molecule has 0 bridgehead atoms. The molecule has 2 N–H and O–H groups in total.